The Hall–Kier alpha value is -4.03. The molecule has 12 heteroatoms. The molecule has 0 spiro atoms. The van der Waals surface area contributed by atoms with Crippen molar-refractivity contribution in [2.24, 2.45) is 5.92 Å². The number of methoxy groups -OCH3 is 1. The summed E-state index contributed by atoms with van der Waals surface area (Å²) in [5.74, 6) is -0.558. The minimum Gasteiger partial charge on any atom is -0.494 e. The van der Waals surface area contributed by atoms with Crippen LogP contribution in [-0.4, -0.2) is 58.1 Å². The molecule has 2 fully saturated rings. The summed E-state index contributed by atoms with van der Waals surface area (Å²) in [6.45, 7) is 1.96. The molecule has 3 atom stereocenters. The van der Waals surface area contributed by atoms with Crippen molar-refractivity contribution in [1.82, 2.24) is 20.5 Å². The number of ether oxygens (including phenoxy) is 1. The fourth-order valence-corrected chi connectivity index (χ4v) is 6.54. The first-order valence-electron chi connectivity index (χ1n) is 12.7. The summed E-state index contributed by atoms with van der Waals surface area (Å²) in [4.78, 5) is 56.7. The minimum atomic E-state index is -1.33. The average molecular weight is 550 g/mol. The quantitative estimate of drug-likeness (QED) is 0.345. The number of para-hydroxylation sites is 1. The molecule has 3 heterocycles. The summed E-state index contributed by atoms with van der Waals surface area (Å²) in [5.41, 5.74) is 0.699. The van der Waals surface area contributed by atoms with Crippen molar-refractivity contribution >= 4 is 51.0 Å². The van der Waals surface area contributed by atoms with Crippen LogP contribution in [0.5, 0.6) is 5.75 Å². The summed E-state index contributed by atoms with van der Waals surface area (Å²) >= 11 is 1.51. The predicted octanol–water partition coefficient (Wildman–Crippen LogP) is 2.94. The lowest BCUT2D eigenvalue weighted by Crippen LogP contribution is -2.57. The van der Waals surface area contributed by atoms with Gasteiger partial charge in [0.05, 0.1) is 34.5 Å². The Kier molecular flexibility index (Phi) is 6.03. The second-order valence-corrected chi connectivity index (χ2v) is 11.3. The maximum absolute atomic E-state index is 13.2. The van der Waals surface area contributed by atoms with Gasteiger partial charge in [0.25, 0.3) is 11.8 Å². The zero-order valence-electron chi connectivity index (χ0n) is 21.3. The van der Waals surface area contributed by atoms with Gasteiger partial charge in [-0.3, -0.25) is 19.3 Å². The third kappa shape index (κ3) is 4.29. The molecule has 4 N–H and O–H groups in total. The van der Waals surface area contributed by atoms with Gasteiger partial charge in [-0.1, -0.05) is 6.07 Å². The van der Waals surface area contributed by atoms with E-state index in [-0.39, 0.29) is 35.8 Å². The van der Waals surface area contributed by atoms with Crippen LogP contribution in [0.15, 0.2) is 36.4 Å². The summed E-state index contributed by atoms with van der Waals surface area (Å²) in [5, 5.41) is 19.3. The number of hydrogen-bond acceptors (Lipinski definition) is 8. The molecule has 39 heavy (non-hydrogen) atoms. The summed E-state index contributed by atoms with van der Waals surface area (Å²) in [6.07, 6.45) is 0.858. The lowest BCUT2D eigenvalue weighted by molar-refractivity contribution is -0.129. The van der Waals surface area contributed by atoms with Crippen LogP contribution >= 0.6 is 11.3 Å². The van der Waals surface area contributed by atoms with Crippen LogP contribution < -0.4 is 20.7 Å². The van der Waals surface area contributed by atoms with Gasteiger partial charge in [-0.25, -0.2) is 9.78 Å². The van der Waals surface area contributed by atoms with Gasteiger partial charge >= 0.3 is 6.03 Å². The molecule has 5 amide bonds. The van der Waals surface area contributed by atoms with E-state index in [1.54, 1.807) is 13.2 Å². The first-order chi connectivity index (χ1) is 18.7. The predicted molar refractivity (Wildman–Crippen MR) is 143 cm³/mol. The van der Waals surface area contributed by atoms with E-state index in [2.05, 4.69) is 16.0 Å². The standard InChI is InChI=1S/C27H27N5O6S/c1-27(13-6-7-13,25-30-21-18(38-2)4-3-5-19(21)39-25)31-26(37)28-14-8-9-15-16(12-14)24(36)32(23(15)35)17-10-11-20(33)29-22(17)34/h3-5,8-9,12-13,17,22,34H,6-7,10-11H2,1-2H3,(H,29,33)(H2,28,31,37)/t17?,22?,27-/m1/s1. The topological polar surface area (TPSA) is 150 Å². The molecule has 1 aliphatic carbocycles. The number of thiazole rings is 1. The van der Waals surface area contributed by atoms with Gasteiger partial charge in [0, 0.05) is 12.1 Å². The number of amides is 5. The lowest BCUT2D eigenvalue weighted by atomic mass is 9.97. The molecule has 202 valence electrons. The van der Waals surface area contributed by atoms with Gasteiger partial charge in [-0.05, 0) is 62.4 Å². The highest BCUT2D eigenvalue weighted by Gasteiger charge is 2.47. The van der Waals surface area contributed by atoms with Crippen molar-refractivity contribution in [2.45, 2.75) is 50.4 Å². The zero-order chi connectivity index (χ0) is 27.5. The SMILES string of the molecule is COc1cccc2sc([C@](C)(NC(=O)Nc3ccc4c(c3)C(=O)N(C3CCC(=O)NC3O)C4=O)C3CC3)nc12. The Bertz CT molecular complexity index is 1530. The van der Waals surface area contributed by atoms with E-state index < -0.39 is 35.7 Å². The van der Waals surface area contributed by atoms with Crippen LogP contribution in [0.1, 0.15) is 58.3 Å². The smallest absolute Gasteiger partial charge is 0.320 e. The fourth-order valence-electron chi connectivity index (χ4n) is 5.38. The molecule has 1 saturated heterocycles. The molecule has 0 bridgehead atoms. The number of piperidine rings is 1. The second-order valence-electron chi connectivity index (χ2n) is 10.2. The van der Waals surface area contributed by atoms with Crippen LogP contribution in [0.4, 0.5) is 10.5 Å². The van der Waals surface area contributed by atoms with Crippen molar-refractivity contribution in [3.63, 3.8) is 0 Å². The maximum Gasteiger partial charge on any atom is 0.320 e. The molecule has 2 unspecified atom stereocenters. The van der Waals surface area contributed by atoms with Crippen LogP contribution in [-0.2, 0) is 10.3 Å². The molecule has 11 nitrogen and oxygen atoms in total. The highest BCUT2D eigenvalue weighted by molar-refractivity contribution is 7.18. The Morgan fingerprint density at radius 1 is 1.15 bits per heavy atom. The number of imide groups is 1. The fraction of sp³-hybridized carbons (Fsp3) is 0.370. The zero-order valence-corrected chi connectivity index (χ0v) is 22.1. The molecule has 2 aliphatic heterocycles. The normalized spacial score (nSPS) is 22.3. The molecule has 1 aromatic heterocycles. The average Bonchev–Trinajstić information content (AvgIpc) is 3.63. The minimum absolute atomic E-state index is 0.101. The first kappa shape index (κ1) is 25.3. The molecule has 3 aromatic rings. The number of aromatic nitrogens is 1. The van der Waals surface area contributed by atoms with Gasteiger partial charge in [-0.2, -0.15) is 0 Å². The number of aliphatic hydroxyl groups is 1. The summed E-state index contributed by atoms with van der Waals surface area (Å²) < 4.78 is 6.42. The number of benzene rings is 2. The van der Waals surface area contributed by atoms with Crippen LogP contribution in [0.2, 0.25) is 0 Å². The highest BCUT2D eigenvalue weighted by Crippen LogP contribution is 2.48. The molecular weight excluding hydrogens is 522 g/mol. The number of aliphatic hydroxyl groups excluding tert-OH is 1. The molecule has 1 saturated carbocycles. The van der Waals surface area contributed by atoms with Gasteiger partial charge < -0.3 is 25.8 Å². The first-order valence-corrected chi connectivity index (χ1v) is 13.5. The number of carbonyl (C=O) groups is 4. The molecule has 3 aliphatic rings. The molecule has 6 rings (SSSR count). The number of urea groups is 1. The van der Waals surface area contributed by atoms with Crippen molar-refractivity contribution in [3.05, 3.63) is 52.5 Å². The molecule has 0 radical (unpaired) electrons. The number of nitrogens with one attached hydrogen (secondary N) is 3. The van der Waals surface area contributed by atoms with Gasteiger partial charge in [0.15, 0.2) is 0 Å². The van der Waals surface area contributed by atoms with E-state index in [4.69, 9.17) is 9.72 Å². The third-order valence-corrected chi connectivity index (χ3v) is 8.92. The second kappa shape index (κ2) is 9.31. The Labute approximate surface area is 227 Å². The number of nitrogens with zero attached hydrogens (tertiary/aromatic N) is 2. The van der Waals surface area contributed by atoms with Crippen molar-refractivity contribution < 1.29 is 29.0 Å². The van der Waals surface area contributed by atoms with Crippen molar-refractivity contribution in [1.29, 1.82) is 0 Å². The largest absolute Gasteiger partial charge is 0.494 e. The summed E-state index contributed by atoms with van der Waals surface area (Å²) in [6, 6.07) is 8.91. The number of anilines is 1. The Balaban J connectivity index is 1.21. The third-order valence-electron chi connectivity index (χ3n) is 7.66. The van der Waals surface area contributed by atoms with Crippen molar-refractivity contribution in [3.8, 4) is 5.75 Å². The van der Waals surface area contributed by atoms with E-state index in [1.807, 2.05) is 25.1 Å². The Morgan fingerprint density at radius 3 is 2.64 bits per heavy atom. The van der Waals surface area contributed by atoms with Crippen molar-refractivity contribution in [2.75, 3.05) is 12.4 Å². The maximum atomic E-state index is 13.2. The van der Waals surface area contributed by atoms with E-state index >= 15 is 0 Å². The van der Waals surface area contributed by atoms with E-state index in [0.29, 0.717) is 11.4 Å². The Morgan fingerprint density at radius 2 is 1.92 bits per heavy atom. The number of fused-ring (bicyclic) bond motifs is 2. The van der Waals surface area contributed by atoms with Gasteiger partial charge in [0.2, 0.25) is 5.91 Å². The lowest BCUT2D eigenvalue weighted by Gasteiger charge is -2.33. The summed E-state index contributed by atoms with van der Waals surface area (Å²) in [7, 11) is 1.60. The van der Waals surface area contributed by atoms with Crippen LogP contribution in [0.3, 0.4) is 0 Å². The number of carbonyl (C=O) groups excluding carboxylic acids is 4. The molecule has 2 aromatic carbocycles. The van der Waals surface area contributed by atoms with Crippen LogP contribution in [0.25, 0.3) is 10.2 Å². The van der Waals surface area contributed by atoms with Gasteiger partial charge in [0.1, 0.15) is 22.5 Å². The van der Waals surface area contributed by atoms with Gasteiger partial charge in [-0.15, -0.1) is 11.3 Å². The van der Waals surface area contributed by atoms with E-state index in [0.717, 1.165) is 33.0 Å². The highest BCUT2D eigenvalue weighted by atomic mass is 32.1. The molecular formula is C27H27N5O6S. The monoisotopic (exact) mass is 549 g/mol. The number of hydrogen-bond donors (Lipinski definition) is 4. The number of rotatable bonds is 6. The van der Waals surface area contributed by atoms with Crippen LogP contribution in [0, 0.1) is 5.92 Å². The van der Waals surface area contributed by atoms with E-state index in [1.165, 1.54) is 23.5 Å². The van der Waals surface area contributed by atoms with E-state index in [9.17, 15) is 24.3 Å².